The highest BCUT2D eigenvalue weighted by Crippen LogP contribution is 2.20. The Morgan fingerprint density at radius 1 is 1.53 bits per heavy atom. The minimum atomic E-state index is -0.332. The maximum Gasteiger partial charge on any atom is 0.220 e. The lowest BCUT2D eigenvalue weighted by Gasteiger charge is -2.26. The van der Waals surface area contributed by atoms with Crippen LogP contribution in [0.4, 0.5) is 0 Å². The van der Waals surface area contributed by atoms with Gasteiger partial charge in [0.25, 0.3) is 0 Å². The fourth-order valence-electron chi connectivity index (χ4n) is 1.56. The standard InChI is InChI=1S/C11H24N2O2/c1-9(14)7-11(2,3)8-13-10(15)5-4-6-12/h9,14H,4-8,12H2,1-3H3,(H,13,15). The van der Waals surface area contributed by atoms with Crippen molar-refractivity contribution in [2.75, 3.05) is 13.1 Å². The lowest BCUT2D eigenvalue weighted by Crippen LogP contribution is -2.35. The molecule has 0 aliphatic heterocycles. The summed E-state index contributed by atoms with van der Waals surface area (Å²) in [6.07, 6.45) is 1.56. The molecule has 0 saturated heterocycles. The molecule has 4 heteroatoms. The zero-order chi connectivity index (χ0) is 11.9. The number of aliphatic hydroxyl groups is 1. The summed E-state index contributed by atoms with van der Waals surface area (Å²) in [6.45, 7) is 6.97. The van der Waals surface area contributed by atoms with Crippen LogP contribution in [0.1, 0.15) is 40.0 Å². The van der Waals surface area contributed by atoms with E-state index in [0.717, 1.165) is 6.42 Å². The molecule has 0 aromatic rings. The Morgan fingerprint density at radius 2 is 2.13 bits per heavy atom. The van der Waals surface area contributed by atoms with Gasteiger partial charge < -0.3 is 16.2 Å². The Kier molecular flexibility index (Phi) is 6.52. The molecule has 4 nitrogen and oxygen atoms in total. The topological polar surface area (TPSA) is 75.3 Å². The minimum Gasteiger partial charge on any atom is -0.393 e. The molecule has 0 radical (unpaired) electrons. The molecule has 1 atom stereocenters. The van der Waals surface area contributed by atoms with Gasteiger partial charge in [-0.1, -0.05) is 13.8 Å². The van der Waals surface area contributed by atoms with E-state index in [9.17, 15) is 9.90 Å². The number of amides is 1. The molecule has 0 aliphatic rings. The summed E-state index contributed by atoms with van der Waals surface area (Å²) >= 11 is 0. The summed E-state index contributed by atoms with van der Waals surface area (Å²) in [5, 5.41) is 12.1. The molecule has 0 spiro atoms. The first-order chi connectivity index (χ1) is 6.87. The second kappa shape index (κ2) is 6.80. The van der Waals surface area contributed by atoms with Crippen molar-refractivity contribution in [3.63, 3.8) is 0 Å². The van der Waals surface area contributed by atoms with Crippen LogP contribution >= 0.6 is 0 Å². The summed E-state index contributed by atoms with van der Waals surface area (Å²) in [5.74, 6) is 0.0408. The van der Waals surface area contributed by atoms with Crippen LogP contribution in [0.5, 0.6) is 0 Å². The molecular weight excluding hydrogens is 192 g/mol. The second-order valence-electron chi connectivity index (χ2n) is 4.89. The molecule has 0 aromatic heterocycles. The summed E-state index contributed by atoms with van der Waals surface area (Å²) in [7, 11) is 0. The predicted molar refractivity (Wildman–Crippen MR) is 61.4 cm³/mol. The van der Waals surface area contributed by atoms with Gasteiger partial charge in [0.1, 0.15) is 0 Å². The van der Waals surface area contributed by atoms with Crippen molar-refractivity contribution < 1.29 is 9.90 Å². The van der Waals surface area contributed by atoms with Crippen LogP contribution in [-0.4, -0.2) is 30.2 Å². The molecule has 1 amide bonds. The van der Waals surface area contributed by atoms with Gasteiger partial charge in [-0.05, 0) is 31.7 Å². The first-order valence-electron chi connectivity index (χ1n) is 5.52. The van der Waals surface area contributed by atoms with E-state index in [2.05, 4.69) is 5.32 Å². The Balaban J connectivity index is 3.77. The van der Waals surface area contributed by atoms with E-state index in [4.69, 9.17) is 5.73 Å². The van der Waals surface area contributed by atoms with Gasteiger partial charge in [0.2, 0.25) is 5.91 Å². The van der Waals surface area contributed by atoms with Gasteiger partial charge in [-0.3, -0.25) is 4.79 Å². The number of nitrogens with one attached hydrogen (secondary N) is 1. The third-order valence-electron chi connectivity index (χ3n) is 2.22. The van der Waals surface area contributed by atoms with Crippen molar-refractivity contribution in [1.29, 1.82) is 0 Å². The van der Waals surface area contributed by atoms with Crippen LogP contribution in [-0.2, 0) is 4.79 Å². The van der Waals surface area contributed by atoms with Crippen molar-refractivity contribution in [3.8, 4) is 0 Å². The van der Waals surface area contributed by atoms with E-state index in [-0.39, 0.29) is 17.4 Å². The maximum atomic E-state index is 11.3. The van der Waals surface area contributed by atoms with Crippen LogP contribution in [0.2, 0.25) is 0 Å². The lowest BCUT2D eigenvalue weighted by atomic mass is 9.87. The highest BCUT2D eigenvalue weighted by molar-refractivity contribution is 5.75. The molecule has 0 aliphatic carbocycles. The van der Waals surface area contributed by atoms with Crippen LogP contribution < -0.4 is 11.1 Å². The number of rotatable bonds is 7. The molecule has 1 unspecified atom stereocenters. The van der Waals surface area contributed by atoms with Crippen LogP contribution in [0.25, 0.3) is 0 Å². The third-order valence-corrected chi connectivity index (χ3v) is 2.22. The number of carbonyl (C=O) groups is 1. The normalized spacial score (nSPS) is 13.7. The average molecular weight is 216 g/mol. The van der Waals surface area contributed by atoms with E-state index < -0.39 is 0 Å². The van der Waals surface area contributed by atoms with E-state index >= 15 is 0 Å². The molecule has 4 N–H and O–H groups in total. The minimum absolute atomic E-state index is 0.0408. The van der Waals surface area contributed by atoms with E-state index in [1.807, 2.05) is 13.8 Å². The number of hydrogen-bond donors (Lipinski definition) is 3. The largest absolute Gasteiger partial charge is 0.393 e. The van der Waals surface area contributed by atoms with Gasteiger partial charge in [-0.2, -0.15) is 0 Å². The number of nitrogens with two attached hydrogens (primary N) is 1. The van der Waals surface area contributed by atoms with Gasteiger partial charge in [0.05, 0.1) is 6.10 Å². The summed E-state index contributed by atoms with van der Waals surface area (Å²) in [5.41, 5.74) is 5.25. The molecule has 0 fully saturated rings. The highest BCUT2D eigenvalue weighted by Gasteiger charge is 2.20. The monoisotopic (exact) mass is 216 g/mol. The Morgan fingerprint density at radius 3 is 2.60 bits per heavy atom. The van der Waals surface area contributed by atoms with E-state index in [1.54, 1.807) is 6.92 Å². The lowest BCUT2D eigenvalue weighted by molar-refractivity contribution is -0.121. The summed E-state index contributed by atoms with van der Waals surface area (Å²) in [6, 6.07) is 0. The van der Waals surface area contributed by atoms with Crippen molar-refractivity contribution in [1.82, 2.24) is 5.32 Å². The summed E-state index contributed by atoms with van der Waals surface area (Å²) < 4.78 is 0. The SMILES string of the molecule is CC(O)CC(C)(C)CNC(=O)CCCN. The van der Waals surface area contributed by atoms with Gasteiger partial charge in [0, 0.05) is 13.0 Å². The van der Waals surface area contributed by atoms with Crippen molar-refractivity contribution >= 4 is 5.91 Å². The first-order valence-corrected chi connectivity index (χ1v) is 5.52. The smallest absolute Gasteiger partial charge is 0.220 e. The average Bonchev–Trinajstić information content (AvgIpc) is 2.09. The number of hydrogen-bond acceptors (Lipinski definition) is 3. The van der Waals surface area contributed by atoms with Crippen molar-refractivity contribution in [2.24, 2.45) is 11.1 Å². The van der Waals surface area contributed by atoms with Crippen LogP contribution in [0, 0.1) is 5.41 Å². The second-order valence-corrected chi connectivity index (χ2v) is 4.89. The molecule has 15 heavy (non-hydrogen) atoms. The fraction of sp³-hybridized carbons (Fsp3) is 0.909. The maximum absolute atomic E-state index is 11.3. The van der Waals surface area contributed by atoms with E-state index in [0.29, 0.717) is 25.9 Å². The predicted octanol–water partition coefficient (Wildman–Crippen LogP) is 0.639. The van der Waals surface area contributed by atoms with Crippen molar-refractivity contribution in [3.05, 3.63) is 0 Å². The van der Waals surface area contributed by atoms with Crippen LogP contribution in [0.3, 0.4) is 0 Å². The van der Waals surface area contributed by atoms with Crippen molar-refractivity contribution in [2.45, 2.75) is 46.1 Å². The fourth-order valence-corrected chi connectivity index (χ4v) is 1.56. The molecule has 90 valence electrons. The number of carbonyl (C=O) groups excluding carboxylic acids is 1. The van der Waals surface area contributed by atoms with Gasteiger partial charge in [0.15, 0.2) is 0 Å². The summed E-state index contributed by atoms with van der Waals surface area (Å²) in [4.78, 5) is 11.3. The van der Waals surface area contributed by atoms with Gasteiger partial charge >= 0.3 is 0 Å². The Hall–Kier alpha value is -0.610. The molecule has 0 heterocycles. The van der Waals surface area contributed by atoms with Gasteiger partial charge in [-0.25, -0.2) is 0 Å². The molecular formula is C11H24N2O2. The molecule has 0 saturated carbocycles. The number of aliphatic hydroxyl groups excluding tert-OH is 1. The molecule has 0 aromatic carbocycles. The van der Waals surface area contributed by atoms with Gasteiger partial charge in [-0.15, -0.1) is 0 Å². The van der Waals surface area contributed by atoms with Crippen LogP contribution in [0.15, 0.2) is 0 Å². The van der Waals surface area contributed by atoms with E-state index in [1.165, 1.54) is 0 Å². The third kappa shape index (κ3) is 8.39. The first kappa shape index (κ1) is 14.4. The zero-order valence-corrected chi connectivity index (χ0v) is 10.0. The quantitative estimate of drug-likeness (QED) is 0.584. The Labute approximate surface area is 92.2 Å². The zero-order valence-electron chi connectivity index (χ0n) is 10.0. The molecule has 0 rings (SSSR count). The highest BCUT2D eigenvalue weighted by atomic mass is 16.3. The Bertz CT molecular complexity index is 191. The molecule has 0 bridgehead atoms.